The Labute approximate surface area is 190 Å². The molecule has 1 aromatic carbocycles. The lowest BCUT2D eigenvalue weighted by Crippen LogP contribution is -2.15. The van der Waals surface area contributed by atoms with Gasteiger partial charge in [0.2, 0.25) is 11.8 Å². The second kappa shape index (κ2) is 9.65. The number of aromatic carboxylic acids is 1. The summed E-state index contributed by atoms with van der Waals surface area (Å²) in [5, 5.41) is 11.5. The SMILES string of the molecule is CC(C)Oc1cc(C(=O)Nc2ccc(C(=O)O)cn2)cc(Oc2ccc(S(C)(=O)=O)cc2)n1. The minimum Gasteiger partial charge on any atom is -0.478 e. The third-order valence-electron chi connectivity index (χ3n) is 4.12. The van der Waals surface area contributed by atoms with Crippen molar-refractivity contribution < 1.29 is 32.6 Å². The molecule has 10 nitrogen and oxygen atoms in total. The van der Waals surface area contributed by atoms with Crippen molar-refractivity contribution in [3.8, 4) is 17.5 Å². The van der Waals surface area contributed by atoms with Crippen LogP contribution in [0.3, 0.4) is 0 Å². The van der Waals surface area contributed by atoms with Crippen LogP contribution in [0.1, 0.15) is 34.6 Å². The summed E-state index contributed by atoms with van der Waals surface area (Å²) in [5.41, 5.74) is 0.148. The Morgan fingerprint density at radius 1 is 1.00 bits per heavy atom. The Balaban J connectivity index is 1.86. The molecular weight excluding hydrogens is 450 g/mol. The van der Waals surface area contributed by atoms with Gasteiger partial charge in [-0.05, 0) is 50.2 Å². The van der Waals surface area contributed by atoms with Crippen LogP contribution < -0.4 is 14.8 Å². The zero-order valence-corrected chi connectivity index (χ0v) is 18.8. The molecule has 33 heavy (non-hydrogen) atoms. The molecule has 0 saturated heterocycles. The molecule has 3 rings (SSSR count). The number of carboxylic acid groups (broad SMARTS) is 1. The molecule has 2 aromatic heterocycles. The maximum Gasteiger partial charge on any atom is 0.337 e. The number of amides is 1. The Kier molecular flexibility index (Phi) is 6.92. The average molecular weight is 471 g/mol. The third-order valence-corrected chi connectivity index (χ3v) is 5.25. The molecule has 2 N–H and O–H groups in total. The molecule has 0 aliphatic carbocycles. The van der Waals surface area contributed by atoms with Crippen molar-refractivity contribution in [3.05, 3.63) is 65.9 Å². The summed E-state index contributed by atoms with van der Waals surface area (Å²) in [6, 6.07) is 11.3. The normalized spacial score (nSPS) is 11.2. The number of carbonyl (C=O) groups is 2. The number of aromatic nitrogens is 2. The molecule has 0 spiro atoms. The van der Waals surface area contributed by atoms with Crippen LogP contribution in [0.4, 0.5) is 5.82 Å². The van der Waals surface area contributed by atoms with Crippen LogP contribution in [-0.2, 0) is 9.84 Å². The number of nitrogens with zero attached hydrogens (tertiary/aromatic N) is 2. The van der Waals surface area contributed by atoms with Gasteiger partial charge in [-0.25, -0.2) is 18.2 Å². The van der Waals surface area contributed by atoms with Gasteiger partial charge in [0.25, 0.3) is 5.91 Å². The second-order valence-corrected chi connectivity index (χ2v) is 9.25. The number of benzene rings is 1. The van der Waals surface area contributed by atoms with E-state index in [1.165, 1.54) is 48.5 Å². The third kappa shape index (κ3) is 6.50. The van der Waals surface area contributed by atoms with E-state index in [0.717, 1.165) is 12.5 Å². The monoisotopic (exact) mass is 471 g/mol. The molecule has 172 valence electrons. The summed E-state index contributed by atoms with van der Waals surface area (Å²) in [4.78, 5) is 32.0. The van der Waals surface area contributed by atoms with Gasteiger partial charge in [0, 0.05) is 24.6 Å². The number of anilines is 1. The first-order valence-electron chi connectivity index (χ1n) is 9.68. The first-order chi connectivity index (χ1) is 15.5. The number of rotatable bonds is 8. The molecule has 0 radical (unpaired) electrons. The van der Waals surface area contributed by atoms with Crippen molar-refractivity contribution >= 4 is 27.5 Å². The predicted octanol–water partition coefficient (Wildman–Crippen LogP) is 3.41. The average Bonchev–Trinajstić information content (AvgIpc) is 2.73. The number of hydrogen-bond acceptors (Lipinski definition) is 8. The van der Waals surface area contributed by atoms with Gasteiger partial charge in [-0.2, -0.15) is 4.98 Å². The fourth-order valence-corrected chi connectivity index (χ4v) is 3.26. The van der Waals surface area contributed by atoms with Crippen LogP contribution in [0.5, 0.6) is 17.5 Å². The minimum absolute atomic E-state index is 0.0119. The van der Waals surface area contributed by atoms with Crippen LogP contribution >= 0.6 is 0 Å². The van der Waals surface area contributed by atoms with Gasteiger partial charge in [0.1, 0.15) is 11.6 Å². The van der Waals surface area contributed by atoms with Crippen LogP contribution in [0, 0.1) is 0 Å². The molecule has 0 unspecified atom stereocenters. The van der Waals surface area contributed by atoms with E-state index < -0.39 is 21.7 Å². The zero-order valence-electron chi connectivity index (χ0n) is 18.0. The zero-order chi connectivity index (χ0) is 24.2. The molecule has 0 aliphatic rings. The lowest BCUT2D eigenvalue weighted by Gasteiger charge is -2.13. The predicted molar refractivity (Wildman–Crippen MR) is 119 cm³/mol. The molecule has 0 aliphatic heterocycles. The first kappa shape index (κ1) is 23.7. The minimum atomic E-state index is -3.35. The second-order valence-electron chi connectivity index (χ2n) is 7.24. The number of pyridine rings is 2. The number of carboxylic acids is 1. The van der Waals surface area contributed by atoms with Gasteiger partial charge in [0.05, 0.1) is 22.1 Å². The lowest BCUT2D eigenvalue weighted by atomic mass is 10.2. The Hall–Kier alpha value is -3.99. The topological polar surface area (TPSA) is 145 Å². The maximum absolute atomic E-state index is 12.8. The molecular formula is C22H21N3O7S. The van der Waals surface area contributed by atoms with Gasteiger partial charge < -0.3 is 19.9 Å². The quantitative estimate of drug-likeness (QED) is 0.505. The molecule has 1 amide bonds. The molecule has 11 heteroatoms. The van der Waals surface area contributed by atoms with E-state index in [4.69, 9.17) is 14.6 Å². The summed E-state index contributed by atoms with van der Waals surface area (Å²) in [6.07, 6.45) is 2.02. The number of carbonyl (C=O) groups excluding carboxylic acids is 1. The Morgan fingerprint density at radius 3 is 2.21 bits per heavy atom. The summed E-state index contributed by atoms with van der Waals surface area (Å²) >= 11 is 0. The van der Waals surface area contributed by atoms with E-state index in [9.17, 15) is 18.0 Å². The molecule has 0 bridgehead atoms. The number of nitrogens with one attached hydrogen (secondary N) is 1. The van der Waals surface area contributed by atoms with E-state index >= 15 is 0 Å². The highest BCUT2D eigenvalue weighted by molar-refractivity contribution is 7.90. The fourth-order valence-electron chi connectivity index (χ4n) is 2.62. The van der Waals surface area contributed by atoms with Crippen LogP contribution in [0.2, 0.25) is 0 Å². The molecule has 3 aromatic rings. The van der Waals surface area contributed by atoms with E-state index in [-0.39, 0.29) is 39.7 Å². The Morgan fingerprint density at radius 2 is 1.67 bits per heavy atom. The van der Waals surface area contributed by atoms with Gasteiger partial charge in [-0.15, -0.1) is 0 Å². The maximum atomic E-state index is 12.8. The van der Waals surface area contributed by atoms with Crippen LogP contribution in [0.25, 0.3) is 0 Å². The lowest BCUT2D eigenvalue weighted by molar-refractivity contribution is 0.0696. The van der Waals surface area contributed by atoms with E-state index in [1.807, 2.05) is 0 Å². The van der Waals surface area contributed by atoms with Crippen molar-refractivity contribution in [1.82, 2.24) is 9.97 Å². The van der Waals surface area contributed by atoms with E-state index in [1.54, 1.807) is 13.8 Å². The first-order valence-corrected chi connectivity index (χ1v) is 11.6. The summed E-state index contributed by atoms with van der Waals surface area (Å²) < 4.78 is 34.6. The van der Waals surface area contributed by atoms with Crippen molar-refractivity contribution in [3.63, 3.8) is 0 Å². The number of ether oxygens (including phenoxy) is 2. The van der Waals surface area contributed by atoms with Gasteiger partial charge in [-0.1, -0.05) is 0 Å². The van der Waals surface area contributed by atoms with Crippen molar-refractivity contribution in [2.45, 2.75) is 24.8 Å². The summed E-state index contributed by atoms with van der Waals surface area (Å²) in [7, 11) is -3.35. The van der Waals surface area contributed by atoms with E-state index in [0.29, 0.717) is 5.75 Å². The number of sulfone groups is 1. The summed E-state index contributed by atoms with van der Waals surface area (Å²) in [5.74, 6) is -0.995. The highest BCUT2D eigenvalue weighted by atomic mass is 32.2. The van der Waals surface area contributed by atoms with Gasteiger partial charge >= 0.3 is 5.97 Å². The molecule has 0 atom stereocenters. The number of hydrogen-bond donors (Lipinski definition) is 2. The smallest absolute Gasteiger partial charge is 0.337 e. The molecule has 2 heterocycles. The largest absolute Gasteiger partial charge is 0.478 e. The Bertz CT molecular complexity index is 1270. The standard InChI is InChI=1S/C22H21N3O7S/c1-13(2)31-19-10-15(21(26)24-18-9-4-14(12-23-18)22(27)28)11-20(25-19)32-16-5-7-17(8-6-16)33(3,29)30/h4-13H,1-3H3,(H,27,28)(H,23,24,26). The van der Waals surface area contributed by atoms with Gasteiger partial charge in [0.15, 0.2) is 9.84 Å². The molecule has 0 fully saturated rings. The fraction of sp³-hybridized carbons (Fsp3) is 0.182. The van der Waals surface area contributed by atoms with Crippen LogP contribution in [0.15, 0.2) is 59.6 Å². The van der Waals surface area contributed by atoms with Crippen molar-refractivity contribution in [1.29, 1.82) is 0 Å². The highest BCUT2D eigenvalue weighted by Crippen LogP contribution is 2.26. The van der Waals surface area contributed by atoms with Gasteiger partial charge in [-0.3, -0.25) is 4.79 Å². The van der Waals surface area contributed by atoms with Crippen molar-refractivity contribution in [2.24, 2.45) is 0 Å². The van der Waals surface area contributed by atoms with E-state index in [2.05, 4.69) is 15.3 Å². The summed E-state index contributed by atoms with van der Waals surface area (Å²) in [6.45, 7) is 3.60. The van der Waals surface area contributed by atoms with Crippen LogP contribution in [-0.4, -0.2) is 47.7 Å². The highest BCUT2D eigenvalue weighted by Gasteiger charge is 2.15. The van der Waals surface area contributed by atoms with Crippen molar-refractivity contribution in [2.75, 3.05) is 11.6 Å². The molecule has 0 saturated carbocycles.